The monoisotopic (exact) mass is 255 g/mol. The Balaban J connectivity index is 1.80. The van der Waals surface area contributed by atoms with Crippen LogP contribution >= 0.6 is 15.9 Å². The van der Waals surface area contributed by atoms with Crippen molar-refractivity contribution in [3.8, 4) is 0 Å². The van der Waals surface area contributed by atoms with Crippen LogP contribution in [-0.4, -0.2) is 21.9 Å². The first kappa shape index (κ1) is 8.92. The fraction of sp³-hybridized carbons (Fsp3) is 0.700. The molecule has 0 spiro atoms. The second-order valence-corrected chi connectivity index (χ2v) is 5.32. The van der Waals surface area contributed by atoms with Gasteiger partial charge in [-0.05, 0) is 41.6 Å². The highest BCUT2D eigenvalue weighted by molar-refractivity contribution is 9.10. The van der Waals surface area contributed by atoms with Crippen molar-refractivity contribution in [3.05, 3.63) is 16.9 Å². The van der Waals surface area contributed by atoms with Crippen molar-refractivity contribution in [3.63, 3.8) is 0 Å². The average molecular weight is 256 g/mol. The van der Waals surface area contributed by atoms with Crippen molar-refractivity contribution in [2.75, 3.05) is 0 Å². The van der Waals surface area contributed by atoms with Gasteiger partial charge in [0.2, 0.25) is 0 Å². The molecule has 0 aromatic carbocycles. The van der Waals surface area contributed by atoms with Crippen molar-refractivity contribution in [1.29, 1.82) is 0 Å². The van der Waals surface area contributed by atoms with Crippen LogP contribution in [0.5, 0.6) is 0 Å². The highest BCUT2D eigenvalue weighted by atomic mass is 79.9. The number of hydrogen-bond acceptors (Lipinski definition) is 2. The Kier molecular flexibility index (Phi) is 2.13. The Labute approximate surface area is 92.0 Å². The maximum atomic E-state index is 4.38. The molecule has 0 radical (unpaired) electrons. The summed E-state index contributed by atoms with van der Waals surface area (Å²) in [6, 6.07) is 2.09. The highest BCUT2D eigenvalue weighted by Gasteiger charge is 2.34. The van der Waals surface area contributed by atoms with E-state index >= 15 is 0 Å². The molecule has 4 heteroatoms. The zero-order valence-electron chi connectivity index (χ0n) is 7.99. The van der Waals surface area contributed by atoms with E-state index in [0.29, 0.717) is 6.04 Å². The van der Waals surface area contributed by atoms with Gasteiger partial charge in [-0.3, -0.25) is 4.68 Å². The third-order valence-corrected chi connectivity index (χ3v) is 3.80. The van der Waals surface area contributed by atoms with Crippen molar-refractivity contribution in [1.82, 2.24) is 15.1 Å². The van der Waals surface area contributed by atoms with E-state index in [2.05, 4.69) is 37.2 Å². The summed E-state index contributed by atoms with van der Waals surface area (Å²) in [4.78, 5) is 0. The summed E-state index contributed by atoms with van der Waals surface area (Å²) in [5, 5.41) is 8.02. The molecular formula is C10H14BrN3. The number of nitrogens with one attached hydrogen (secondary N) is 1. The topological polar surface area (TPSA) is 29.9 Å². The Bertz CT molecular complexity index is 324. The van der Waals surface area contributed by atoms with Gasteiger partial charge in [-0.15, -0.1) is 0 Å². The van der Waals surface area contributed by atoms with Crippen molar-refractivity contribution in [2.24, 2.45) is 0 Å². The van der Waals surface area contributed by atoms with Crippen LogP contribution < -0.4 is 5.32 Å². The Morgan fingerprint density at radius 3 is 2.64 bits per heavy atom. The Morgan fingerprint density at radius 1 is 1.36 bits per heavy atom. The molecule has 2 aliphatic rings. The molecule has 2 aliphatic heterocycles. The van der Waals surface area contributed by atoms with Crippen LogP contribution in [0.2, 0.25) is 0 Å². The Morgan fingerprint density at radius 2 is 2.07 bits per heavy atom. The first-order chi connectivity index (χ1) is 6.81. The van der Waals surface area contributed by atoms with Gasteiger partial charge in [0.25, 0.3) is 0 Å². The molecule has 1 aromatic heterocycles. The van der Waals surface area contributed by atoms with E-state index in [0.717, 1.165) is 16.6 Å². The fourth-order valence-corrected chi connectivity index (χ4v) is 3.06. The minimum absolute atomic E-state index is 0.611. The summed E-state index contributed by atoms with van der Waals surface area (Å²) in [6.07, 6.45) is 9.15. The Hall–Kier alpha value is -0.350. The van der Waals surface area contributed by atoms with Gasteiger partial charge in [-0.2, -0.15) is 5.10 Å². The summed E-state index contributed by atoms with van der Waals surface area (Å²) in [7, 11) is 0. The fourth-order valence-electron chi connectivity index (χ4n) is 2.76. The zero-order chi connectivity index (χ0) is 9.54. The minimum Gasteiger partial charge on any atom is -0.311 e. The van der Waals surface area contributed by atoms with Crippen LogP contribution in [0.1, 0.15) is 31.7 Å². The first-order valence-corrected chi connectivity index (χ1v) is 6.06. The van der Waals surface area contributed by atoms with E-state index in [1.165, 1.54) is 25.7 Å². The van der Waals surface area contributed by atoms with E-state index in [9.17, 15) is 0 Å². The van der Waals surface area contributed by atoms with Gasteiger partial charge >= 0.3 is 0 Å². The molecule has 3 heterocycles. The molecule has 0 aliphatic carbocycles. The molecule has 0 amide bonds. The van der Waals surface area contributed by atoms with Crippen LogP contribution in [0, 0.1) is 0 Å². The summed E-state index contributed by atoms with van der Waals surface area (Å²) in [6.45, 7) is 0. The van der Waals surface area contributed by atoms with Gasteiger partial charge in [0.05, 0.1) is 16.7 Å². The second kappa shape index (κ2) is 3.35. The molecule has 2 unspecified atom stereocenters. The molecule has 3 rings (SSSR count). The SMILES string of the molecule is Brc1cnn(C2CC3CCC(C2)N3)c1. The summed E-state index contributed by atoms with van der Waals surface area (Å²) in [5.74, 6) is 0. The number of aromatic nitrogens is 2. The molecule has 1 aromatic rings. The maximum Gasteiger partial charge on any atom is 0.0632 e. The first-order valence-electron chi connectivity index (χ1n) is 5.27. The quantitative estimate of drug-likeness (QED) is 0.833. The summed E-state index contributed by atoms with van der Waals surface area (Å²) in [5.41, 5.74) is 0. The van der Waals surface area contributed by atoms with E-state index < -0.39 is 0 Å². The molecule has 14 heavy (non-hydrogen) atoms. The highest BCUT2D eigenvalue weighted by Crippen LogP contribution is 2.33. The number of piperidine rings is 1. The lowest BCUT2D eigenvalue weighted by molar-refractivity contribution is 0.281. The van der Waals surface area contributed by atoms with Crippen LogP contribution in [0.3, 0.4) is 0 Å². The lowest BCUT2D eigenvalue weighted by Crippen LogP contribution is -2.38. The molecule has 2 saturated heterocycles. The van der Waals surface area contributed by atoms with Gasteiger partial charge in [-0.25, -0.2) is 0 Å². The van der Waals surface area contributed by atoms with Crippen LogP contribution in [0.4, 0.5) is 0 Å². The summed E-state index contributed by atoms with van der Waals surface area (Å²) >= 11 is 3.45. The van der Waals surface area contributed by atoms with E-state index in [4.69, 9.17) is 0 Å². The van der Waals surface area contributed by atoms with Crippen LogP contribution in [0.25, 0.3) is 0 Å². The summed E-state index contributed by atoms with van der Waals surface area (Å²) < 4.78 is 3.21. The zero-order valence-corrected chi connectivity index (χ0v) is 9.57. The van der Waals surface area contributed by atoms with E-state index in [-0.39, 0.29) is 0 Å². The lowest BCUT2D eigenvalue weighted by atomic mass is 10.0. The van der Waals surface area contributed by atoms with Gasteiger partial charge in [-0.1, -0.05) is 0 Å². The number of hydrogen-bond donors (Lipinski definition) is 1. The minimum atomic E-state index is 0.611. The van der Waals surface area contributed by atoms with Crippen molar-refractivity contribution in [2.45, 2.75) is 43.8 Å². The van der Waals surface area contributed by atoms with Crippen LogP contribution in [-0.2, 0) is 0 Å². The van der Waals surface area contributed by atoms with Gasteiger partial charge in [0, 0.05) is 18.3 Å². The van der Waals surface area contributed by atoms with Gasteiger partial charge < -0.3 is 5.32 Å². The molecule has 2 bridgehead atoms. The maximum absolute atomic E-state index is 4.38. The molecule has 76 valence electrons. The predicted octanol–water partition coefficient (Wildman–Crippen LogP) is 2.10. The van der Waals surface area contributed by atoms with Gasteiger partial charge in [0.15, 0.2) is 0 Å². The van der Waals surface area contributed by atoms with E-state index in [1.54, 1.807) is 0 Å². The average Bonchev–Trinajstić information content (AvgIpc) is 2.73. The number of nitrogens with zero attached hydrogens (tertiary/aromatic N) is 2. The van der Waals surface area contributed by atoms with E-state index in [1.807, 2.05) is 6.20 Å². The normalized spacial score (nSPS) is 36.2. The third kappa shape index (κ3) is 1.50. The largest absolute Gasteiger partial charge is 0.311 e. The third-order valence-electron chi connectivity index (χ3n) is 3.39. The number of halogens is 1. The molecule has 0 saturated carbocycles. The molecule has 2 fully saturated rings. The predicted molar refractivity (Wildman–Crippen MR) is 58.1 cm³/mol. The second-order valence-electron chi connectivity index (χ2n) is 4.40. The lowest BCUT2D eigenvalue weighted by Gasteiger charge is -2.29. The standard InChI is InChI=1S/C10H14BrN3/c11-7-5-12-14(6-7)10-3-8-1-2-9(4-10)13-8/h5-6,8-10,13H,1-4H2. The van der Waals surface area contributed by atoms with Crippen molar-refractivity contribution >= 4 is 15.9 Å². The smallest absolute Gasteiger partial charge is 0.0632 e. The van der Waals surface area contributed by atoms with Crippen molar-refractivity contribution < 1.29 is 0 Å². The molecule has 2 atom stereocenters. The van der Waals surface area contributed by atoms with Crippen LogP contribution in [0.15, 0.2) is 16.9 Å². The number of fused-ring (bicyclic) bond motifs is 2. The number of rotatable bonds is 1. The molecular weight excluding hydrogens is 242 g/mol. The molecule has 1 N–H and O–H groups in total. The molecule has 3 nitrogen and oxygen atoms in total. The van der Waals surface area contributed by atoms with Gasteiger partial charge in [0.1, 0.15) is 0 Å².